The molecule has 21 heavy (non-hydrogen) atoms. The van der Waals surface area contributed by atoms with Gasteiger partial charge in [0, 0.05) is 25.4 Å². The lowest BCUT2D eigenvalue weighted by molar-refractivity contribution is 0.202. The molecule has 5 heteroatoms. The zero-order valence-corrected chi connectivity index (χ0v) is 13.0. The summed E-state index contributed by atoms with van der Waals surface area (Å²) in [7, 11) is 3.58. The van der Waals surface area contributed by atoms with Crippen molar-refractivity contribution in [1.82, 2.24) is 9.97 Å². The van der Waals surface area contributed by atoms with Crippen molar-refractivity contribution in [1.29, 1.82) is 0 Å². The highest BCUT2D eigenvalue weighted by Gasteiger charge is 2.10. The van der Waals surface area contributed by atoms with Crippen molar-refractivity contribution < 1.29 is 4.74 Å². The number of benzene rings is 1. The van der Waals surface area contributed by atoms with Gasteiger partial charge in [0.05, 0.1) is 6.61 Å². The minimum atomic E-state index is 0.697. The molecule has 0 unspecified atom stereocenters. The summed E-state index contributed by atoms with van der Waals surface area (Å²) < 4.78 is 5.17. The molecule has 0 fully saturated rings. The molecule has 0 radical (unpaired) electrons. The van der Waals surface area contributed by atoms with Gasteiger partial charge in [-0.15, -0.1) is 0 Å². The van der Waals surface area contributed by atoms with Gasteiger partial charge in [-0.05, 0) is 31.9 Å². The SMILES string of the molecule is CNc1nc(C)nc(Nc2ccccc2CCOC)c1C. The number of aryl methyl sites for hydroxylation is 1. The minimum Gasteiger partial charge on any atom is -0.384 e. The van der Waals surface area contributed by atoms with Gasteiger partial charge in [0.2, 0.25) is 0 Å². The van der Waals surface area contributed by atoms with Crippen molar-refractivity contribution in [3.63, 3.8) is 0 Å². The molecule has 2 N–H and O–H groups in total. The van der Waals surface area contributed by atoms with E-state index < -0.39 is 0 Å². The quantitative estimate of drug-likeness (QED) is 0.854. The van der Waals surface area contributed by atoms with Crippen molar-refractivity contribution in [2.24, 2.45) is 0 Å². The molecule has 0 bridgehead atoms. The predicted octanol–water partition coefficient (Wildman–Crippen LogP) is 3.07. The fraction of sp³-hybridized carbons (Fsp3) is 0.375. The summed E-state index contributed by atoms with van der Waals surface area (Å²) in [5.74, 6) is 2.41. The Morgan fingerprint density at radius 1 is 1.10 bits per heavy atom. The van der Waals surface area contributed by atoms with E-state index in [0.717, 1.165) is 35.1 Å². The van der Waals surface area contributed by atoms with Crippen LogP contribution in [0.2, 0.25) is 0 Å². The summed E-state index contributed by atoms with van der Waals surface area (Å²) in [5.41, 5.74) is 3.27. The lowest BCUT2D eigenvalue weighted by Gasteiger charge is -2.15. The van der Waals surface area contributed by atoms with Gasteiger partial charge in [-0.25, -0.2) is 9.97 Å². The third kappa shape index (κ3) is 3.70. The van der Waals surface area contributed by atoms with Gasteiger partial charge in [0.25, 0.3) is 0 Å². The third-order valence-corrected chi connectivity index (χ3v) is 3.34. The molecule has 1 heterocycles. The number of rotatable bonds is 6. The predicted molar refractivity (Wildman–Crippen MR) is 86.4 cm³/mol. The molecule has 112 valence electrons. The summed E-state index contributed by atoms with van der Waals surface area (Å²) in [4.78, 5) is 8.89. The molecule has 5 nitrogen and oxygen atoms in total. The van der Waals surface area contributed by atoms with Crippen LogP contribution in [0, 0.1) is 13.8 Å². The van der Waals surface area contributed by atoms with Gasteiger partial charge >= 0.3 is 0 Å². The molecule has 0 aliphatic heterocycles. The Balaban J connectivity index is 2.32. The number of anilines is 3. The number of nitrogens with zero attached hydrogens (tertiary/aromatic N) is 2. The van der Waals surface area contributed by atoms with E-state index in [4.69, 9.17) is 4.74 Å². The van der Waals surface area contributed by atoms with Crippen LogP contribution >= 0.6 is 0 Å². The van der Waals surface area contributed by atoms with E-state index in [1.54, 1.807) is 7.11 Å². The highest BCUT2D eigenvalue weighted by molar-refractivity contribution is 5.66. The molecule has 0 saturated heterocycles. The summed E-state index contributed by atoms with van der Waals surface area (Å²) in [6.45, 7) is 4.59. The zero-order chi connectivity index (χ0) is 15.2. The summed E-state index contributed by atoms with van der Waals surface area (Å²) in [5, 5.41) is 6.52. The van der Waals surface area contributed by atoms with Gasteiger partial charge in [-0.1, -0.05) is 18.2 Å². The second kappa shape index (κ2) is 7.04. The van der Waals surface area contributed by atoms with E-state index in [1.807, 2.05) is 33.0 Å². The molecule has 0 atom stereocenters. The Bertz CT molecular complexity index is 613. The van der Waals surface area contributed by atoms with Crippen LogP contribution in [0.5, 0.6) is 0 Å². The van der Waals surface area contributed by atoms with Crippen LogP contribution in [0.1, 0.15) is 17.0 Å². The topological polar surface area (TPSA) is 59.1 Å². The first-order valence-electron chi connectivity index (χ1n) is 7.02. The molecular weight excluding hydrogens is 264 g/mol. The molecule has 1 aromatic carbocycles. The maximum atomic E-state index is 5.17. The molecule has 1 aromatic heterocycles. The average molecular weight is 286 g/mol. The Morgan fingerprint density at radius 3 is 2.52 bits per heavy atom. The molecule has 2 aromatic rings. The lowest BCUT2D eigenvalue weighted by atomic mass is 10.1. The number of hydrogen-bond acceptors (Lipinski definition) is 5. The monoisotopic (exact) mass is 286 g/mol. The van der Waals surface area contributed by atoms with Crippen molar-refractivity contribution in [2.75, 3.05) is 31.4 Å². The first-order chi connectivity index (χ1) is 10.2. The van der Waals surface area contributed by atoms with Crippen LogP contribution in [-0.4, -0.2) is 30.7 Å². The largest absolute Gasteiger partial charge is 0.384 e. The van der Waals surface area contributed by atoms with E-state index in [-0.39, 0.29) is 0 Å². The second-order valence-electron chi connectivity index (χ2n) is 4.87. The highest BCUT2D eigenvalue weighted by atomic mass is 16.5. The lowest BCUT2D eigenvalue weighted by Crippen LogP contribution is -2.07. The van der Waals surface area contributed by atoms with E-state index in [0.29, 0.717) is 6.61 Å². The van der Waals surface area contributed by atoms with Crippen LogP contribution in [0.4, 0.5) is 17.3 Å². The number of methoxy groups -OCH3 is 1. The van der Waals surface area contributed by atoms with Gasteiger partial charge in [0.1, 0.15) is 17.5 Å². The van der Waals surface area contributed by atoms with Crippen LogP contribution in [0.25, 0.3) is 0 Å². The molecule has 0 aliphatic rings. The van der Waals surface area contributed by atoms with Crippen LogP contribution in [-0.2, 0) is 11.2 Å². The number of para-hydroxylation sites is 1. The fourth-order valence-electron chi connectivity index (χ4n) is 2.19. The summed E-state index contributed by atoms with van der Waals surface area (Å²) in [6, 6.07) is 8.21. The van der Waals surface area contributed by atoms with Crippen molar-refractivity contribution in [3.05, 3.63) is 41.2 Å². The van der Waals surface area contributed by atoms with E-state index in [9.17, 15) is 0 Å². The second-order valence-corrected chi connectivity index (χ2v) is 4.87. The first kappa shape index (κ1) is 15.3. The highest BCUT2D eigenvalue weighted by Crippen LogP contribution is 2.25. The van der Waals surface area contributed by atoms with Crippen molar-refractivity contribution in [2.45, 2.75) is 20.3 Å². The molecule has 0 amide bonds. The molecule has 0 spiro atoms. The van der Waals surface area contributed by atoms with Crippen LogP contribution in [0.3, 0.4) is 0 Å². The first-order valence-corrected chi connectivity index (χ1v) is 7.02. The molecular formula is C16H22N4O. The van der Waals surface area contributed by atoms with Gasteiger partial charge in [0.15, 0.2) is 0 Å². The van der Waals surface area contributed by atoms with Crippen LogP contribution < -0.4 is 10.6 Å². The normalized spacial score (nSPS) is 10.5. The van der Waals surface area contributed by atoms with Gasteiger partial charge < -0.3 is 15.4 Å². The maximum absolute atomic E-state index is 5.17. The number of ether oxygens (including phenoxy) is 1. The maximum Gasteiger partial charge on any atom is 0.139 e. The Labute approximate surface area is 125 Å². The fourth-order valence-corrected chi connectivity index (χ4v) is 2.19. The number of nitrogens with one attached hydrogen (secondary N) is 2. The van der Waals surface area contributed by atoms with Gasteiger partial charge in [-0.3, -0.25) is 0 Å². The van der Waals surface area contributed by atoms with E-state index in [1.165, 1.54) is 5.56 Å². The van der Waals surface area contributed by atoms with E-state index in [2.05, 4.69) is 32.7 Å². The Kier molecular flexibility index (Phi) is 5.11. The zero-order valence-electron chi connectivity index (χ0n) is 13.0. The molecule has 0 aliphatic carbocycles. The van der Waals surface area contributed by atoms with Crippen LogP contribution in [0.15, 0.2) is 24.3 Å². The Morgan fingerprint density at radius 2 is 1.81 bits per heavy atom. The van der Waals surface area contributed by atoms with Crippen molar-refractivity contribution >= 4 is 17.3 Å². The van der Waals surface area contributed by atoms with Crippen molar-refractivity contribution in [3.8, 4) is 0 Å². The van der Waals surface area contributed by atoms with Gasteiger partial charge in [-0.2, -0.15) is 0 Å². The average Bonchev–Trinajstić information content (AvgIpc) is 2.49. The van der Waals surface area contributed by atoms with E-state index >= 15 is 0 Å². The summed E-state index contributed by atoms with van der Waals surface area (Å²) >= 11 is 0. The third-order valence-electron chi connectivity index (χ3n) is 3.34. The standard InChI is InChI=1S/C16H22N4O/c1-11-15(17-3)18-12(2)19-16(11)20-14-8-6-5-7-13(14)9-10-21-4/h5-8H,9-10H2,1-4H3,(H2,17,18,19,20). The minimum absolute atomic E-state index is 0.697. The number of hydrogen-bond donors (Lipinski definition) is 2. The number of aromatic nitrogens is 2. The smallest absolute Gasteiger partial charge is 0.139 e. The molecule has 0 saturated carbocycles. The summed E-state index contributed by atoms with van der Waals surface area (Å²) in [6.07, 6.45) is 0.863. The molecule has 2 rings (SSSR count). The Hall–Kier alpha value is -2.14.